The number of carbonyl (C=O) groups excluding carboxylic acids is 1. The van der Waals surface area contributed by atoms with Crippen LogP contribution in [0.5, 0.6) is 5.75 Å². The van der Waals surface area contributed by atoms with Gasteiger partial charge in [0.15, 0.2) is 0 Å². The number of carbonyl (C=O) groups is 1. The molecule has 4 rings (SSSR count). The number of fused-ring (bicyclic) bond motifs is 1. The van der Waals surface area contributed by atoms with Gasteiger partial charge in [-0.3, -0.25) is 10.1 Å². The van der Waals surface area contributed by atoms with E-state index < -0.39 is 6.04 Å². The average molecular weight is 421 g/mol. The Bertz CT molecular complexity index is 1020. The summed E-state index contributed by atoms with van der Waals surface area (Å²) in [6.07, 6.45) is 3.19. The van der Waals surface area contributed by atoms with Crippen molar-refractivity contribution in [3.8, 4) is 5.75 Å². The quantitative estimate of drug-likeness (QED) is 0.538. The maximum atomic E-state index is 13.3. The maximum absolute atomic E-state index is 13.3. The number of hydrogen-bond donors (Lipinski definition) is 2. The van der Waals surface area contributed by atoms with Crippen molar-refractivity contribution < 1.29 is 9.53 Å². The van der Waals surface area contributed by atoms with Crippen molar-refractivity contribution in [2.75, 3.05) is 12.4 Å². The van der Waals surface area contributed by atoms with E-state index in [9.17, 15) is 4.79 Å². The first-order chi connectivity index (χ1) is 14.7. The van der Waals surface area contributed by atoms with Crippen molar-refractivity contribution in [3.63, 3.8) is 0 Å². The van der Waals surface area contributed by atoms with Gasteiger partial charge in [-0.05, 0) is 54.2 Å². The molecular weight excluding hydrogens is 396 g/mol. The molecule has 0 unspecified atom stereocenters. The molecule has 1 aliphatic carbocycles. The number of methoxy groups -OCH3 is 1. The molecule has 4 nitrogen and oxygen atoms in total. The Morgan fingerprint density at radius 1 is 1.07 bits per heavy atom. The van der Waals surface area contributed by atoms with Gasteiger partial charge in [-0.25, -0.2) is 0 Å². The molecule has 0 saturated heterocycles. The van der Waals surface area contributed by atoms with Crippen LogP contribution in [0.2, 0.25) is 5.02 Å². The molecule has 3 aromatic carbocycles. The van der Waals surface area contributed by atoms with Gasteiger partial charge < -0.3 is 10.1 Å². The van der Waals surface area contributed by atoms with Gasteiger partial charge in [0.1, 0.15) is 11.8 Å². The number of benzene rings is 3. The van der Waals surface area contributed by atoms with Crippen LogP contribution < -0.4 is 15.4 Å². The van der Waals surface area contributed by atoms with Gasteiger partial charge in [0.2, 0.25) is 5.91 Å². The third-order valence-electron chi connectivity index (χ3n) is 5.55. The van der Waals surface area contributed by atoms with Gasteiger partial charge in [-0.15, -0.1) is 0 Å². The number of halogens is 1. The van der Waals surface area contributed by atoms with Crippen LogP contribution in [0.3, 0.4) is 0 Å². The number of anilines is 1. The lowest BCUT2D eigenvalue weighted by molar-refractivity contribution is -0.118. The fourth-order valence-electron chi connectivity index (χ4n) is 4.06. The predicted molar refractivity (Wildman–Crippen MR) is 121 cm³/mol. The van der Waals surface area contributed by atoms with Gasteiger partial charge in [0.05, 0.1) is 12.1 Å². The molecule has 2 atom stereocenters. The lowest BCUT2D eigenvalue weighted by Gasteiger charge is -2.30. The van der Waals surface area contributed by atoms with Crippen LogP contribution in [0.1, 0.15) is 41.6 Å². The fraction of sp³-hybridized carbons (Fsp3) is 0.240. The van der Waals surface area contributed by atoms with Crippen molar-refractivity contribution in [1.29, 1.82) is 0 Å². The van der Waals surface area contributed by atoms with Crippen LogP contribution in [0, 0.1) is 0 Å². The Hall–Kier alpha value is -2.82. The molecule has 0 aromatic heterocycles. The first-order valence-corrected chi connectivity index (χ1v) is 10.6. The molecule has 0 heterocycles. The molecule has 2 N–H and O–H groups in total. The number of rotatable bonds is 6. The van der Waals surface area contributed by atoms with Crippen molar-refractivity contribution in [1.82, 2.24) is 5.32 Å². The molecular formula is C25H25ClN2O2. The van der Waals surface area contributed by atoms with E-state index in [4.69, 9.17) is 16.3 Å². The van der Waals surface area contributed by atoms with Crippen LogP contribution in [0.4, 0.5) is 5.69 Å². The van der Waals surface area contributed by atoms with Gasteiger partial charge in [0.25, 0.3) is 0 Å². The van der Waals surface area contributed by atoms with E-state index in [0.717, 1.165) is 24.8 Å². The van der Waals surface area contributed by atoms with Crippen molar-refractivity contribution in [2.45, 2.75) is 31.3 Å². The van der Waals surface area contributed by atoms with Crippen molar-refractivity contribution in [2.24, 2.45) is 0 Å². The van der Waals surface area contributed by atoms with E-state index in [1.165, 1.54) is 11.1 Å². The van der Waals surface area contributed by atoms with Gasteiger partial charge >= 0.3 is 0 Å². The highest BCUT2D eigenvalue weighted by atomic mass is 35.5. The summed E-state index contributed by atoms with van der Waals surface area (Å²) in [6.45, 7) is 0. The summed E-state index contributed by atoms with van der Waals surface area (Å²) in [5.74, 6) is 0.455. The number of aryl methyl sites for hydroxylation is 1. The summed E-state index contributed by atoms with van der Waals surface area (Å²) in [7, 11) is 1.57. The first-order valence-electron chi connectivity index (χ1n) is 10.2. The Labute approximate surface area is 182 Å². The third kappa shape index (κ3) is 4.50. The Balaban J connectivity index is 1.59. The molecule has 3 aromatic rings. The Kier molecular flexibility index (Phi) is 6.36. The number of ether oxygens (including phenoxy) is 1. The standard InChI is InChI=1S/C25H25ClN2O2/c1-30-23-15-14-19(16-21(23)26)27-25(29)24(18-9-3-2-4-10-18)28-22-13-7-11-17-8-5-6-12-20(17)22/h2-6,8-10,12,14-16,22,24,28H,7,11,13H2,1H3,(H,27,29)/t22-,24-/m1/s1. The summed E-state index contributed by atoms with van der Waals surface area (Å²) in [4.78, 5) is 13.3. The molecule has 30 heavy (non-hydrogen) atoms. The number of hydrogen-bond acceptors (Lipinski definition) is 3. The summed E-state index contributed by atoms with van der Waals surface area (Å²) in [5.41, 5.74) is 4.20. The molecule has 0 aliphatic heterocycles. The first kappa shape index (κ1) is 20.5. The highest BCUT2D eigenvalue weighted by Gasteiger charge is 2.27. The van der Waals surface area contributed by atoms with Crippen LogP contribution in [-0.4, -0.2) is 13.0 Å². The Morgan fingerprint density at radius 3 is 2.60 bits per heavy atom. The largest absolute Gasteiger partial charge is 0.495 e. The lowest BCUT2D eigenvalue weighted by Crippen LogP contribution is -2.36. The molecule has 5 heteroatoms. The minimum atomic E-state index is -0.483. The smallest absolute Gasteiger partial charge is 0.246 e. The zero-order chi connectivity index (χ0) is 20.9. The highest BCUT2D eigenvalue weighted by Crippen LogP contribution is 2.32. The average Bonchev–Trinajstić information content (AvgIpc) is 2.78. The molecule has 0 saturated carbocycles. The normalized spacial score (nSPS) is 16.4. The minimum absolute atomic E-state index is 0.120. The van der Waals surface area contributed by atoms with Gasteiger partial charge in [-0.2, -0.15) is 0 Å². The zero-order valence-corrected chi connectivity index (χ0v) is 17.7. The van der Waals surface area contributed by atoms with E-state index in [2.05, 4.69) is 34.9 Å². The molecule has 0 fully saturated rings. The van der Waals surface area contributed by atoms with E-state index in [0.29, 0.717) is 16.5 Å². The van der Waals surface area contributed by atoms with E-state index in [1.807, 2.05) is 30.3 Å². The highest BCUT2D eigenvalue weighted by molar-refractivity contribution is 6.32. The molecule has 1 amide bonds. The SMILES string of the molecule is COc1ccc(NC(=O)[C@H](N[C@@H]2CCCc3ccccc32)c2ccccc2)cc1Cl. The summed E-state index contributed by atoms with van der Waals surface area (Å²) >= 11 is 6.23. The van der Waals surface area contributed by atoms with Gasteiger partial charge in [0, 0.05) is 11.7 Å². The number of nitrogens with one attached hydrogen (secondary N) is 2. The monoisotopic (exact) mass is 420 g/mol. The maximum Gasteiger partial charge on any atom is 0.246 e. The number of amides is 1. The van der Waals surface area contributed by atoms with Gasteiger partial charge in [-0.1, -0.05) is 66.2 Å². The summed E-state index contributed by atoms with van der Waals surface area (Å²) in [6, 6.07) is 23.2. The van der Waals surface area contributed by atoms with Crippen LogP contribution >= 0.6 is 11.6 Å². The van der Waals surface area contributed by atoms with Crippen LogP contribution in [0.25, 0.3) is 0 Å². The minimum Gasteiger partial charge on any atom is -0.495 e. The molecule has 0 bridgehead atoms. The lowest BCUT2D eigenvalue weighted by atomic mass is 9.87. The topological polar surface area (TPSA) is 50.4 Å². The second-order valence-corrected chi connectivity index (χ2v) is 7.90. The Morgan fingerprint density at radius 2 is 1.83 bits per heavy atom. The molecule has 0 radical (unpaired) electrons. The molecule has 0 spiro atoms. The van der Waals surface area contributed by atoms with E-state index in [-0.39, 0.29) is 11.9 Å². The molecule has 154 valence electrons. The van der Waals surface area contributed by atoms with Crippen molar-refractivity contribution >= 4 is 23.2 Å². The van der Waals surface area contributed by atoms with Crippen LogP contribution in [-0.2, 0) is 11.2 Å². The van der Waals surface area contributed by atoms with E-state index in [1.54, 1.807) is 25.3 Å². The summed E-state index contributed by atoms with van der Waals surface area (Å²) in [5, 5.41) is 7.08. The predicted octanol–water partition coefficient (Wildman–Crippen LogP) is 5.70. The second-order valence-electron chi connectivity index (χ2n) is 7.49. The zero-order valence-electron chi connectivity index (χ0n) is 16.9. The van der Waals surface area contributed by atoms with E-state index >= 15 is 0 Å². The fourth-order valence-corrected chi connectivity index (χ4v) is 4.31. The second kappa shape index (κ2) is 9.33. The van der Waals surface area contributed by atoms with Crippen LogP contribution in [0.15, 0.2) is 72.8 Å². The third-order valence-corrected chi connectivity index (χ3v) is 5.85. The summed E-state index contributed by atoms with van der Waals surface area (Å²) < 4.78 is 5.20. The van der Waals surface area contributed by atoms with Crippen molar-refractivity contribution in [3.05, 3.63) is 94.5 Å². The molecule has 1 aliphatic rings.